The molecule has 0 radical (unpaired) electrons. The second-order valence-corrected chi connectivity index (χ2v) is 11.9. The lowest BCUT2D eigenvalue weighted by atomic mass is 10.1. The van der Waals surface area contributed by atoms with Gasteiger partial charge in [0.2, 0.25) is 0 Å². The fourth-order valence-corrected chi connectivity index (χ4v) is 7.03. The van der Waals surface area contributed by atoms with E-state index in [2.05, 4.69) is 70.3 Å². The van der Waals surface area contributed by atoms with Crippen LogP contribution in [-0.4, -0.2) is 16.0 Å². The Morgan fingerprint density at radius 1 is 0.861 bits per heavy atom. The smallest absolute Gasteiger partial charge is 0.293 e. The molecular formula is C29H21I2NO3S. The van der Waals surface area contributed by atoms with E-state index in [1.165, 1.54) is 10.5 Å². The number of nitrogens with zero attached hydrogens (tertiary/aromatic N) is 1. The van der Waals surface area contributed by atoms with Gasteiger partial charge in [0, 0.05) is 0 Å². The molecular weight excluding hydrogens is 696 g/mol. The van der Waals surface area contributed by atoms with Crippen LogP contribution in [-0.2, 0) is 17.9 Å². The van der Waals surface area contributed by atoms with Crippen molar-refractivity contribution >= 4 is 84.9 Å². The predicted octanol–water partition coefficient (Wildman–Crippen LogP) is 8.17. The number of amides is 2. The van der Waals surface area contributed by atoms with Gasteiger partial charge in [0.15, 0.2) is 0 Å². The number of hydrogen-bond donors (Lipinski definition) is 0. The number of hydrogen-bond acceptors (Lipinski definition) is 4. The van der Waals surface area contributed by atoms with E-state index in [-0.39, 0.29) is 17.7 Å². The number of rotatable bonds is 6. The molecule has 0 bridgehead atoms. The third-order valence-electron chi connectivity index (χ3n) is 5.81. The number of carbonyl (C=O) groups is 2. The molecule has 1 aliphatic rings. The van der Waals surface area contributed by atoms with Gasteiger partial charge < -0.3 is 4.74 Å². The molecule has 0 N–H and O–H groups in total. The number of aryl methyl sites for hydroxylation is 1. The standard InChI is InChI=1S/C29H21I2NO3S/c1-18-5-4-6-20(11-18)17-35-27-24(30)13-21(14-25(27)31)15-26-28(33)32(29(34)36-26)16-19-9-10-22-7-2-3-8-23(22)12-19/h2-15H,16-17H2,1H3/b26-15-. The van der Waals surface area contributed by atoms with E-state index >= 15 is 0 Å². The molecule has 2 amide bonds. The van der Waals surface area contributed by atoms with Crippen molar-refractivity contribution < 1.29 is 14.3 Å². The molecule has 4 aromatic carbocycles. The Balaban J connectivity index is 1.32. The van der Waals surface area contributed by atoms with Gasteiger partial charge in [-0.2, -0.15) is 0 Å². The van der Waals surface area contributed by atoms with Crippen molar-refractivity contribution in [2.75, 3.05) is 0 Å². The van der Waals surface area contributed by atoms with Gasteiger partial charge in [-0.05, 0) is 116 Å². The van der Waals surface area contributed by atoms with Crippen LogP contribution in [0.1, 0.15) is 22.3 Å². The number of imide groups is 1. The van der Waals surface area contributed by atoms with Gasteiger partial charge in [-0.1, -0.05) is 66.2 Å². The molecule has 4 nitrogen and oxygen atoms in total. The first-order valence-corrected chi connectivity index (χ1v) is 14.3. The second-order valence-electron chi connectivity index (χ2n) is 8.54. The lowest BCUT2D eigenvalue weighted by Crippen LogP contribution is -2.27. The van der Waals surface area contributed by atoms with E-state index in [0.717, 1.165) is 52.1 Å². The van der Waals surface area contributed by atoms with Gasteiger partial charge in [0.1, 0.15) is 12.4 Å². The van der Waals surface area contributed by atoms with Crippen LogP contribution in [0.5, 0.6) is 5.75 Å². The van der Waals surface area contributed by atoms with E-state index in [1.807, 2.05) is 60.7 Å². The van der Waals surface area contributed by atoms with Crippen molar-refractivity contribution in [2.24, 2.45) is 0 Å². The van der Waals surface area contributed by atoms with Gasteiger partial charge in [-0.3, -0.25) is 14.5 Å². The first-order chi connectivity index (χ1) is 17.4. The maximum Gasteiger partial charge on any atom is 0.293 e. The molecule has 1 aliphatic heterocycles. The van der Waals surface area contributed by atoms with Crippen molar-refractivity contribution in [1.29, 1.82) is 0 Å². The van der Waals surface area contributed by atoms with Gasteiger partial charge in [-0.15, -0.1) is 0 Å². The Kier molecular flexibility index (Phi) is 7.68. The fourth-order valence-electron chi connectivity index (χ4n) is 4.07. The Bertz CT molecular complexity index is 1510. The SMILES string of the molecule is Cc1cccc(COc2c(I)cc(/C=C3\SC(=O)N(Cc4ccc5ccccc5c4)C3=O)cc2I)c1. The molecule has 0 atom stereocenters. The molecule has 1 saturated heterocycles. The van der Waals surface area contributed by atoms with Crippen LogP contribution in [0.4, 0.5) is 4.79 Å². The fraction of sp³-hybridized carbons (Fsp3) is 0.103. The summed E-state index contributed by atoms with van der Waals surface area (Å²) in [5.74, 6) is 0.558. The molecule has 0 spiro atoms. The van der Waals surface area contributed by atoms with Crippen LogP contribution in [0.3, 0.4) is 0 Å². The van der Waals surface area contributed by atoms with Crippen LogP contribution < -0.4 is 4.74 Å². The number of benzene rings is 4. The molecule has 0 aliphatic carbocycles. The first kappa shape index (κ1) is 25.3. The molecule has 4 aromatic rings. The molecule has 0 saturated carbocycles. The summed E-state index contributed by atoms with van der Waals surface area (Å²) >= 11 is 5.50. The van der Waals surface area contributed by atoms with Crippen molar-refractivity contribution in [3.63, 3.8) is 0 Å². The molecule has 0 aromatic heterocycles. The Hall–Kier alpha value is -2.37. The van der Waals surface area contributed by atoms with Crippen LogP contribution in [0.2, 0.25) is 0 Å². The summed E-state index contributed by atoms with van der Waals surface area (Å²) in [4.78, 5) is 27.5. The zero-order chi connectivity index (χ0) is 25.2. The topological polar surface area (TPSA) is 46.6 Å². The summed E-state index contributed by atoms with van der Waals surface area (Å²) in [6.45, 7) is 2.81. The molecule has 1 heterocycles. The number of halogens is 2. The maximum atomic E-state index is 13.1. The van der Waals surface area contributed by atoms with Crippen LogP contribution >= 0.6 is 56.9 Å². The monoisotopic (exact) mass is 717 g/mol. The van der Waals surface area contributed by atoms with Gasteiger partial charge in [0.05, 0.1) is 18.6 Å². The summed E-state index contributed by atoms with van der Waals surface area (Å²) in [5.41, 5.74) is 4.11. The number of carbonyl (C=O) groups excluding carboxylic acids is 2. The minimum Gasteiger partial charge on any atom is -0.487 e. The minimum atomic E-state index is -0.261. The van der Waals surface area contributed by atoms with Crippen LogP contribution in [0.15, 0.2) is 83.8 Å². The van der Waals surface area contributed by atoms with Crippen molar-refractivity contribution in [2.45, 2.75) is 20.1 Å². The van der Waals surface area contributed by atoms with E-state index in [1.54, 1.807) is 6.08 Å². The van der Waals surface area contributed by atoms with Crippen molar-refractivity contribution in [3.8, 4) is 5.75 Å². The zero-order valence-corrected chi connectivity index (χ0v) is 24.5. The van der Waals surface area contributed by atoms with Gasteiger partial charge in [0.25, 0.3) is 11.1 Å². The van der Waals surface area contributed by atoms with Crippen LogP contribution in [0.25, 0.3) is 16.8 Å². The van der Waals surface area contributed by atoms with Crippen LogP contribution in [0, 0.1) is 14.1 Å². The van der Waals surface area contributed by atoms with E-state index in [0.29, 0.717) is 11.5 Å². The van der Waals surface area contributed by atoms with Gasteiger partial charge >= 0.3 is 0 Å². The highest BCUT2D eigenvalue weighted by atomic mass is 127. The predicted molar refractivity (Wildman–Crippen MR) is 163 cm³/mol. The van der Waals surface area contributed by atoms with E-state index < -0.39 is 0 Å². The molecule has 36 heavy (non-hydrogen) atoms. The molecule has 7 heteroatoms. The highest BCUT2D eigenvalue weighted by Crippen LogP contribution is 2.36. The summed E-state index contributed by atoms with van der Waals surface area (Å²) in [7, 11) is 0. The molecule has 5 rings (SSSR count). The Labute approximate surface area is 241 Å². The third kappa shape index (κ3) is 5.63. The summed E-state index contributed by atoms with van der Waals surface area (Å²) in [6.07, 6.45) is 1.79. The summed E-state index contributed by atoms with van der Waals surface area (Å²) < 4.78 is 8.02. The normalized spacial score (nSPS) is 14.8. The highest BCUT2D eigenvalue weighted by Gasteiger charge is 2.35. The Morgan fingerprint density at radius 3 is 2.36 bits per heavy atom. The molecule has 0 unspecified atom stereocenters. The number of fused-ring (bicyclic) bond motifs is 1. The number of thioether (sulfide) groups is 1. The lowest BCUT2D eigenvalue weighted by molar-refractivity contribution is -0.123. The third-order valence-corrected chi connectivity index (χ3v) is 8.32. The van der Waals surface area contributed by atoms with E-state index in [9.17, 15) is 9.59 Å². The van der Waals surface area contributed by atoms with E-state index in [4.69, 9.17) is 4.74 Å². The summed E-state index contributed by atoms with van der Waals surface area (Å²) in [5, 5.41) is 1.97. The minimum absolute atomic E-state index is 0.248. The average molecular weight is 717 g/mol. The zero-order valence-electron chi connectivity index (χ0n) is 19.3. The largest absolute Gasteiger partial charge is 0.487 e. The molecule has 1 fully saturated rings. The first-order valence-electron chi connectivity index (χ1n) is 11.3. The summed E-state index contributed by atoms with van der Waals surface area (Å²) in [6, 6.07) is 26.3. The van der Waals surface area contributed by atoms with Crippen molar-refractivity contribution in [1.82, 2.24) is 4.90 Å². The molecule has 180 valence electrons. The highest BCUT2D eigenvalue weighted by molar-refractivity contribution is 14.1. The lowest BCUT2D eigenvalue weighted by Gasteiger charge is -2.13. The second kappa shape index (κ2) is 10.9. The average Bonchev–Trinajstić information content (AvgIpc) is 3.11. The van der Waals surface area contributed by atoms with Crippen molar-refractivity contribution in [3.05, 3.63) is 113 Å². The number of ether oxygens (including phenoxy) is 1. The maximum absolute atomic E-state index is 13.1. The van der Waals surface area contributed by atoms with Gasteiger partial charge in [-0.25, -0.2) is 0 Å². The quantitative estimate of drug-likeness (QED) is 0.149. The Morgan fingerprint density at radius 2 is 1.61 bits per heavy atom.